The first-order valence-electron chi connectivity index (χ1n) is 6.17. The van der Waals surface area contributed by atoms with Crippen LogP contribution in [0.15, 0.2) is 0 Å². The van der Waals surface area contributed by atoms with E-state index in [0.29, 0.717) is 12.6 Å². The minimum atomic E-state index is -0.0681. The summed E-state index contributed by atoms with van der Waals surface area (Å²) in [5.74, 6) is 0.742. The van der Waals surface area contributed by atoms with Crippen molar-refractivity contribution in [2.24, 2.45) is 5.92 Å². The zero-order chi connectivity index (χ0) is 10.7. The van der Waals surface area contributed by atoms with Gasteiger partial charge in [0.2, 0.25) is 0 Å². The Morgan fingerprint density at radius 3 is 2.47 bits per heavy atom. The van der Waals surface area contributed by atoms with Crippen LogP contribution in [-0.2, 0) is 9.53 Å². The molecule has 0 aliphatic heterocycles. The maximum Gasteiger partial charge on any atom is 0.320 e. The highest BCUT2D eigenvalue weighted by molar-refractivity contribution is 5.71. The summed E-state index contributed by atoms with van der Waals surface area (Å²) in [6.45, 7) is 2.67. The molecule has 0 atom stereocenters. The zero-order valence-corrected chi connectivity index (χ0v) is 9.50. The summed E-state index contributed by atoms with van der Waals surface area (Å²) in [4.78, 5) is 11.4. The first-order chi connectivity index (χ1) is 7.24. The number of esters is 1. The average molecular weight is 211 g/mol. The molecule has 2 aliphatic carbocycles. The van der Waals surface area contributed by atoms with Gasteiger partial charge >= 0.3 is 5.97 Å². The largest absolute Gasteiger partial charge is 0.461 e. The predicted octanol–water partition coefficient (Wildman–Crippen LogP) is 1.86. The fraction of sp³-hybridized carbons (Fsp3) is 0.917. The lowest BCUT2D eigenvalue weighted by Crippen LogP contribution is -2.31. The molecule has 15 heavy (non-hydrogen) atoms. The summed E-state index contributed by atoms with van der Waals surface area (Å²) in [6.07, 6.45) is 7.13. The number of carbonyl (C=O) groups is 1. The van der Waals surface area contributed by atoms with Gasteiger partial charge in [-0.2, -0.15) is 0 Å². The molecule has 2 saturated carbocycles. The van der Waals surface area contributed by atoms with Crippen LogP contribution in [0.2, 0.25) is 0 Å². The maximum atomic E-state index is 11.4. The molecule has 0 aromatic heterocycles. The SMILES string of the molecule is CC1CCC(OC(=O)CNC2CC2)CC1. The number of hydrogen-bond acceptors (Lipinski definition) is 3. The van der Waals surface area contributed by atoms with Crippen LogP contribution in [0.25, 0.3) is 0 Å². The van der Waals surface area contributed by atoms with Gasteiger partial charge in [0.15, 0.2) is 0 Å². The molecule has 0 amide bonds. The van der Waals surface area contributed by atoms with Gasteiger partial charge in [-0.05, 0) is 44.4 Å². The predicted molar refractivity (Wildman–Crippen MR) is 58.5 cm³/mol. The van der Waals surface area contributed by atoms with Gasteiger partial charge in [-0.1, -0.05) is 6.92 Å². The van der Waals surface area contributed by atoms with Gasteiger partial charge in [0, 0.05) is 6.04 Å². The summed E-state index contributed by atoms with van der Waals surface area (Å²) in [6, 6.07) is 0.587. The maximum absolute atomic E-state index is 11.4. The molecule has 3 nitrogen and oxygen atoms in total. The first kappa shape index (κ1) is 10.9. The Bertz CT molecular complexity index is 218. The second kappa shape index (κ2) is 4.97. The molecule has 0 heterocycles. The van der Waals surface area contributed by atoms with E-state index in [2.05, 4.69) is 12.2 Å². The average Bonchev–Trinajstić information content (AvgIpc) is 3.02. The number of carbonyl (C=O) groups excluding carboxylic acids is 1. The first-order valence-corrected chi connectivity index (χ1v) is 6.17. The molecule has 3 heteroatoms. The Morgan fingerprint density at radius 1 is 1.20 bits per heavy atom. The van der Waals surface area contributed by atoms with Gasteiger partial charge < -0.3 is 10.1 Å². The molecule has 0 unspecified atom stereocenters. The Hall–Kier alpha value is -0.570. The van der Waals surface area contributed by atoms with Crippen molar-refractivity contribution in [3.63, 3.8) is 0 Å². The fourth-order valence-corrected chi connectivity index (χ4v) is 2.09. The van der Waals surface area contributed by atoms with Crippen LogP contribution >= 0.6 is 0 Å². The van der Waals surface area contributed by atoms with E-state index in [1.54, 1.807) is 0 Å². The molecule has 2 rings (SSSR count). The lowest BCUT2D eigenvalue weighted by Gasteiger charge is -2.26. The van der Waals surface area contributed by atoms with E-state index in [4.69, 9.17) is 4.74 Å². The van der Waals surface area contributed by atoms with E-state index in [-0.39, 0.29) is 12.1 Å². The smallest absolute Gasteiger partial charge is 0.320 e. The highest BCUT2D eigenvalue weighted by Crippen LogP contribution is 2.25. The van der Waals surface area contributed by atoms with Crippen molar-refractivity contribution in [2.75, 3.05) is 6.54 Å². The molecule has 0 bridgehead atoms. The van der Waals surface area contributed by atoms with E-state index in [0.717, 1.165) is 18.8 Å². The van der Waals surface area contributed by atoms with E-state index >= 15 is 0 Å². The Kier molecular flexibility index (Phi) is 3.62. The van der Waals surface area contributed by atoms with Crippen molar-refractivity contribution >= 4 is 5.97 Å². The van der Waals surface area contributed by atoms with Gasteiger partial charge in [0.05, 0.1) is 6.54 Å². The van der Waals surface area contributed by atoms with E-state index < -0.39 is 0 Å². The third-order valence-electron chi connectivity index (χ3n) is 3.37. The lowest BCUT2D eigenvalue weighted by molar-refractivity contribution is -0.149. The van der Waals surface area contributed by atoms with Crippen molar-refractivity contribution in [3.05, 3.63) is 0 Å². The number of hydrogen-bond donors (Lipinski definition) is 1. The van der Waals surface area contributed by atoms with Crippen LogP contribution in [0.4, 0.5) is 0 Å². The molecule has 0 spiro atoms. The minimum Gasteiger partial charge on any atom is -0.461 e. The molecule has 0 saturated heterocycles. The molecule has 0 aromatic rings. The highest BCUT2D eigenvalue weighted by atomic mass is 16.5. The second-order valence-corrected chi connectivity index (χ2v) is 5.03. The number of nitrogens with one attached hydrogen (secondary N) is 1. The minimum absolute atomic E-state index is 0.0681. The molecule has 0 radical (unpaired) electrons. The van der Waals surface area contributed by atoms with E-state index in [1.165, 1.54) is 25.7 Å². The van der Waals surface area contributed by atoms with Crippen LogP contribution < -0.4 is 5.32 Å². The van der Waals surface area contributed by atoms with Gasteiger partial charge in [0.25, 0.3) is 0 Å². The summed E-state index contributed by atoms with van der Waals surface area (Å²) >= 11 is 0. The Balaban J connectivity index is 1.60. The van der Waals surface area contributed by atoms with Crippen molar-refractivity contribution in [1.82, 2.24) is 5.32 Å². The summed E-state index contributed by atoms with van der Waals surface area (Å²) < 4.78 is 5.42. The van der Waals surface area contributed by atoms with Crippen molar-refractivity contribution in [1.29, 1.82) is 0 Å². The van der Waals surface area contributed by atoms with E-state index in [9.17, 15) is 4.79 Å². The third kappa shape index (κ3) is 3.82. The summed E-state index contributed by atoms with van der Waals surface area (Å²) in [5.41, 5.74) is 0. The van der Waals surface area contributed by atoms with Gasteiger partial charge in [0.1, 0.15) is 6.10 Å². The summed E-state index contributed by atoms with van der Waals surface area (Å²) in [5, 5.41) is 3.18. The van der Waals surface area contributed by atoms with Crippen molar-refractivity contribution < 1.29 is 9.53 Å². The van der Waals surface area contributed by atoms with Crippen molar-refractivity contribution in [2.45, 2.75) is 57.6 Å². The molecular weight excluding hydrogens is 190 g/mol. The number of ether oxygens (including phenoxy) is 1. The molecule has 1 N–H and O–H groups in total. The summed E-state index contributed by atoms with van der Waals surface area (Å²) in [7, 11) is 0. The topological polar surface area (TPSA) is 38.3 Å². The lowest BCUT2D eigenvalue weighted by atomic mass is 9.89. The molecule has 2 aliphatic rings. The molecule has 2 fully saturated rings. The van der Waals surface area contributed by atoms with Crippen molar-refractivity contribution in [3.8, 4) is 0 Å². The van der Waals surface area contributed by atoms with Crippen LogP contribution in [0, 0.1) is 5.92 Å². The quantitative estimate of drug-likeness (QED) is 0.721. The van der Waals surface area contributed by atoms with Gasteiger partial charge in [-0.15, -0.1) is 0 Å². The fourth-order valence-electron chi connectivity index (χ4n) is 2.09. The third-order valence-corrected chi connectivity index (χ3v) is 3.37. The van der Waals surface area contributed by atoms with E-state index in [1.807, 2.05) is 0 Å². The Labute approximate surface area is 91.6 Å². The Morgan fingerprint density at radius 2 is 1.87 bits per heavy atom. The van der Waals surface area contributed by atoms with Crippen LogP contribution in [0.1, 0.15) is 45.4 Å². The van der Waals surface area contributed by atoms with Crippen LogP contribution in [0.3, 0.4) is 0 Å². The highest BCUT2D eigenvalue weighted by Gasteiger charge is 2.24. The van der Waals surface area contributed by atoms with Gasteiger partial charge in [-0.25, -0.2) is 0 Å². The molecule has 0 aromatic carbocycles. The van der Waals surface area contributed by atoms with Gasteiger partial charge in [-0.3, -0.25) is 4.79 Å². The zero-order valence-electron chi connectivity index (χ0n) is 9.50. The molecular formula is C12H21NO2. The van der Waals surface area contributed by atoms with Crippen LogP contribution in [-0.4, -0.2) is 24.7 Å². The number of rotatable bonds is 4. The monoisotopic (exact) mass is 211 g/mol. The van der Waals surface area contributed by atoms with Crippen LogP contribution in [0.5, 0.6) is 0 Å². The standard InChI is InChI=1S/C12H21NO2/c1-9-2-6-11(7-3-9)15-12(14)8-13-10-4-5-10/h9-11,13H,2-8H2,1H3. The second-order valence-electron chi connectivity index (χ2n) is 5.03. The normalized spacial score (nSPS) is 31.3. The molecule has 86 valence electrons.